The number of carbonyl (C=O) groups is 2. The van der Waals surface area contributed by atoms with Crippen molar-refractivity contribution in [3.05, 3.63) is 22.7 Å². The molecule has 6 nitrogen and oxygen atoms in total. The Morgan fingerprint density at radius 2 is 1.81 bits per heavy atom. The first kappa shape index (κ1) is 24.7. The summed E-state index contributed by atoms with van der Waals surface area (Å²) in [7, 11) is 1.54. The second-order valence-electron chi connectivity index (χ2n) is 9.43. The van der Waals surface area contributed by atoms with E-state index in [1.807, 2.05) is 4.90 Å². The number of benzene rings is 1. The van der Waals surface area contributed by atoms with Gasteiger partial charge in [0.05, 0.1) is 18.7 Å². The van der Waals surface area contributed by atoms with Crippen molar-refractivity contribution < 1.29 is 19.1 Å². The van der Waals surface area contributed by atoms with Crippen molar-refractivity contribution in [2.75, 3.05) is 26.8 Å². The molecule has 1 aromatic rings. The molecule has 1 aliphatic heterocycles. The Kier molecular flexibility index (Phi) is 9.09. The van der Waals surface area contributed by atoms with E-state index in [1.54, 1.807) is 19.2 Å². The minimum Gasteiger partial charge on any atom is -0.493 e. The number of hydrogen-bond donors (Lipinski definition) is 1. The third kappa shape index (κ3) is 6.53. The summed E-state index contributed by atoms with van der Waals surface area (Å²) in [6.07, 6.45) is 8.07. The zero-order valence-corrected chi connectivity index (χ0v) is 20.4. The van der Waals surface area contributed by atoms with E-state index in [-0.39, 0.29) is 17.9 Å². The fourth-order valence-corrected chi connectivity index (χ4v) is 4.77. The van der Waals surface area contributed by atoms with Crippen molar-refractivity contribution in [2.24, 2.45) is 11.8 Å². The molecule has 1 saturated heterocycles. The van der Waals surface area contributed by atoms with Crippen molar-refractivity contribution in [3.8, 4) is 11.5 Å². The van der Waals surface area contributed by atoms with Gasteiger partial charge in [0.1, 0.15) is 0 Å². The minimum atomic E-state index is -0.184. The van der Waals surface area contributed by atoms with E-state index in [0.717, 1.165) is 44.9 Å². The summed E-state index contributed by atoms with van der Waals surface area (Å²) in [6.45, 7) is 6.20. The zero-order valence-electron chi connectivity index (χ0n) is 19.6. The molecule has 1 aliphatic carbocycles. The van der Waals surface area contributed by atoms with Crippen LogP contribution in [0.4, 0.5) is 0 Å². The number of piperidine rings is 1. The van der Waals surface area contributed by atoms with Crippen molar-refractivity contribution >= 4 is 23.4 Å². The van der Waals surface area contributed by atoms with Gasteiger partial charge < -0.3 is 19.7 Å². The highest BCUT2D eigenvalue weighted by atomic mass is 35.5. The molecule has 1 saturated carbocycles. The number of rotatable bonds is 8. The SMILES string of the molecule is COc1cc(C(=O)NC2CCN(C(=O)C3CCCCC3)CC2)cc(Cl)c1OCCC(C)C. The Labute approximate surface area is 197 Å². The summed E-state index contributed by atoms with van der Waals surface area (Å²) < 4.78 is 11.2. The number of ether oxygens (including phenoxy) is 2. The Balaban J connectivity index is 1.54. The molecule has 0 aromatic heterocycles. The molecule has 0 atom stereocenters. The van der Waals surface area contributed by atoms with Gasteiger partial charge in [0.25, 0.3) is 5.91 Å². The fraction of sp³-hybridized carbons (Fsp3) is 0.680. The molecule has 0 spiro atoms. The second-order valence-corrected chi connectivity index (χ2v) is 9.84. The van der Waals surface area contributed by atoms with Gasteiger partial charge in [-0.05, 0) is 50.2 Å². The highest BCUT2D eigenvalue weighted by molar-refractivity contribution is 6.32. The maximum Gasteiger partial charge on any atom is 0.251 e. The van der Waals surface area contributed by atoms with Crippen LogP contribution in [0.15, 0.2) is 12.1 Å². The summed E-state index contributed by atoms with van der Waals surface area (Å²) in [6, 6.07) is 3.35. The molecule has 0 unspecified atom stereocenters. The van der Waals surface area contributed by atoms with Crippen molar-refractivity contribution in [1.82, 2.24) is 10.2 Å². The largest absolute Gasteiger partial charge is 0.493 e. The van der Waals surface area contributed by atoms with Gasteiger partial charge in [0.2, 0.25) is 5.91 Å². The topological polar surface area (TPSA) is 67.9 Å². The van der Waals surface area contributed by atoms with Gasteiger partial charge in [-0.2, -0.15) is 0 Å². The van der Waals surface area contributed by atoms with Crippen molar-refractivity contribution in [1.29, 1.82) is 0 Å². The van der Waals surface area contributed by atoms with Gasteiger partial charge in [0.15, 0.2) is 11.5 Å². The fourth-order valence-electron chi connectivity index (χ4n) is 4.51. The number of nitrogens with one attached hydrogen (secondary N) is 1. The van der Waals surface area contributed by atoms with Gasteiger partial charge in [-0.15, -0.1) is 0 Å². The average molecular weight is 465 g/mol. The number of carbonyl (C=O) groups excluding carboxylic acids is 2. The van der Waals surface area contributed by atoms with Gasteiger partial charge in [-0.25, -0.2) is 0 Å². The lowest BCUT2D eigenvalue weighted by Gasteiger charge is -2.35. The number of likely N-dealkylation sites (tertiary alicyclic amines) is 1. The molecule has 32 heavy (non-hydrogen) atoms. The average Bonchev–Trinajstić information content (AvgIpc) is 2.80. The van der Waals surface area contributed by atoms with Crippen LogP contribution in [-0.2, 0) is 4.79 Å². The van der Waals surface area contributed by atoms with Crippen LogP contribution in [0.1, 0.15) is 75.6 Å². The van der Waals surface area contributed by atoms with E-state index >= 15 is 0 Å². The van der Waals surface area contributed by atoms with Crippen molar-refractivity contribution in [2.45, 2.75) is 71.3 Å². The molecule has 0 bridgehead atoms. The Morgan fingerprint density at radius 1 is 1.12 bits per heavy atom. The molecule has 1 aromatic carbocycles. The summed E-state index contributed by atoms with van der Waals surface area (Å²) in [5.74, 6) is 1.77. The Hall–Kier alpha value is -1.95. The molecule has 2 amide bonds. The van der Waals surface area contributed by atoms with Crippen LogP contribution in [-0.4, -0.2) is 49.6 Å². The van der Waals surface area contributed by atoms with Crippen LogP contribution in [0, 0.1) is 11.8 Å². The molecule has 7 heteroatoms. The van der Waals surface area contributed by atoms with Gasteiger partial charge >= 0.3 is 0 Å². The lowest BCUT2D eigenvalue weighted by molar-refractivity contribution is -0.137. The number of amides is 2. The third-order valence-corrected chi connectivity index (χ3v) is 6.81. The maximum atomic E-state index is 12.9. The number of nitrogens with zero attached hydrogens (tertiary/aromatic N) is 1. The second kappa shape index (κ2) is 11.8. The standard InChI is InChI=1S/C25H37ClN2O4/c1-17(2)11-14-32-23-21(26)15-19(16-22(23)31-3)24(29)27-20-9-12-28(13-10-20)25(30)18-7-5-4-6-8-18/h15-18,20H,4-14H2,1-3H3,(H,27,29). The monoisotopic (exact) mass is 464 g/mol. The van der Waals surface area contributed by atoms with E-state index in [1.165, 1.54) is 6.42 Å². The van der Waals surface area contributed by atoms with E-state index in [0.29, 0.717) is 53.6 Å². The predicted octanol–water partition coefficient (Wildman–Crippen LogP) is 5.07. The summed E-state index contributed by atoms with van der Waals surface area (Å²) in [5, 5.41) is 3.47. The molecule has 1 N–H and O–H groups in total. The van der Waals surface area contributed by atoms with Crippen LogP contribution in [0.25, 0.3) is 0 Å². The Bertz CT molecular complexity index is 784. The normalized spacial score (nSPS) is 18.0. The summed E-state index contributed by atoms with van der Waals surface area (Å²) in [4.78, 5) is 27.6. The number of methoxy groups -OCH3 is 1. The predicted molar refractivity (Wildman–Crippen MR) is 127 cm³/mol. The highest BCUT2D eigenvalue weighted by Gasteiger charge is 2.30. The molecule has 1 heterocycles. The maximum absolute atomic E-state index is 12.9. The van der Waals surface area contributed by atoms with Crippen LogP contribution in [0.2, 0.25) is 5.02 Å². The van der Waals surface area contributed by atoms with E-state index in [4.69, 9.17) is 21.1 Å². The molecular formula is C25H37ClN2O4. The first-order valence-corrected chi connectivity index (χ1v) is 12.4. The van der Waals surface area contributed by atoms with Crippen LogP contribution in [0.5, 0.6) is 11.5 Å². The minimum absolute atomic E-state index is 0.0460. The first-order valence-electron chi connectivity index (χ1n) is 12.0. The molecule has 2 fully saturated rings. The van der Waals surface area contributed by atoms with E-state index in [2.05, 4.69) is 19.2 Å². The lowest BCUT2D eigenvalue weighted by atomic mass is 9.87. The van der Waals surface area contributed by atoms with E-state index in [9.17, 15) is 9.59 Å². The van der Waals surface area contributed by atoms with E-state index < -0.39 is 0 Å². The van der Waals surface area contributed by atoms with Gasteiger partial charge in [-0.1, -0.05) is 44.7 Å². The van der Waals surface area contributed by atoms with Gasteiger partial charge in [0, 0.05) is 30.6 Å². The third-order valence-electron chi connectivity index (χ3n) is 6.53. The quantitative estimate of drug-likeness (QED) is 0.582. The van der Waals surface area contributed by atoms with Gasteiger partial charge in [-0.3, -0.25) is 9.59 Å². The van der Waals surface area contributed by atoms with Crippen LogP contribution in [0.3, 0.4) is 0 Å². The molecular weight excluding hydrogens is 428 g/mol. The molecule has 178 valence electrons. The lowest BCUT2D eigenvalue weighted by Crippen LogP contribution is -2.48. The summed E-state index contributed by atoms with van der Waals surface area (Å²) >= 11 is 6.41. The Morgan fingerprint density at radius 3 is 2.44 bits per heavy atom. The number of hydrogen-bond acceptors (Lipinski definition) is 4. The van der Waals surface area contributed by atoms with Crippen LogP contribution >= 0.6 is 11.6 Å². The number of halogens is 1. The molecule has 2 aliphatic rings. The van der Waals surface area contributed by atoms with Crippen LogP contribution < -0.4 is 14.8 Å². The molecule has 3 rings (SSSR count). The van der Waals surface area contributed by atoms with Crippen molar-refractivity contribution in [3.63, 3.8) is 0 Å². The summed E-state index contributed by atoms with van der Waals surface area (Å²) in [5.41, 5.74) is 0.448. The zero-order chi connectivity index (χ0) is 23.1. The smallest absolute Gasteiger partial charge is 0.251 e. The first-order chi connectivity index (χ1) is 15.4. The molecule has 0 radical (unpaired) electrons. The highest BCUT2D eigenvalue weighted by Crippen LogP contribution is 2.37.